The Labute approximate surface area is 164 Å². The van der Waals surface area contributed by atoms with Crippen molar-refractivity contribution in [3.8, 4) is 11.4 Å². The van der Waals surface area contributed by atoms with E-state index in [-0.39, 0.29) is 17.3 Å². The number of H-pyrrole nitrogens is 1. The summed E-state index contributed by atoms with van der Waals surface area (Å²) < 4.78 is 26.8. The van der Waals surface area contributed by atoms with Gasteiger partial charge in [0.15, 0.2) is 0 Å². The van der Waals surface area contributed by atoms with Crippen molar-refractivity contribution in [1.82, 2.24) is 19.6 Å². The lowest BCUT2D eigenvalue weighted by Crippen LogP contribution is -2.46. The molecule has 0 spiro atoms. The number of nitrogens with one attached hydrogen (secondary N) is 2. The number of hydrogen-bond acceptors (Lipinski definition) is 4. The summed E-state index contributed by atoms with van der Waals surface area (Å²) in [7, 11) is -2.42. The number of nitrogens with zero attached hydrogens (tertiary/aromatic N) is 2. The minimum atomic E-state index is -3.81. The number of benzene rings is 2. The second-order valence-corrected chi connectivity index (χ2v) is 9.73. The highest BCUT2D eigenvalue weighted by Crippen LogP contribution is 2.24. The van der Waals surface area contributed by atoms with Gasteiger partial charge in [-0.25, -0.2) is 13.4 Å². The molecule has 3 aromatic rings. The van der Waals surface area contributed by atoms with E-state index in [1.54, 1.807) is 12.1 Å². The molecule has 0 bridgehead atoms. The quantitative estimate of drug-likeness (QED) is 0.688. The molecule has 0 atom stereocenters. The summed E-state index contributed by atoms with van der Waals surface area (Å²) in [4.78, 5) is 19.9. The van der Waals surface area contributed by atoms with E-state index in [0.29, 0.717) is 16.9 Å². The van der Waals surface area contributed by atoms with E-state index in [1.165, 1.54) is 13.1 Å². The lowest BCUT2D eigenvalue weighted by atomic mass is 10.1. The third-order valence-electron chi connectivity index (χ3n) is 4.09. The molecule has 0 fully saturated rings. The van der Waals surface area contributed by atoms with E-state index in [0.717, 1.165) is 9.87 Å². The SMILES string of the molecule is CN(CC(=O)NC(C)(C)C)S(=O)(=O)c1ccc2nc(-c3ccccc3)[nH]c2c1. The van der Waals surface area contributed by atoms with Gasteiger partial charge in [0.2, 0.25) is 15.9 Å². The highest BCUT2D eigenvalue weighted by atomic mass is 32.2. The molecule has 2 N–H and O–H groups in total. The summed E-state index contributed by atoms with van der Waals surface area (Å²) in [5.74, 6) is 0.315. The first kappa shape index (κ1) is 20.0. The van der Waals surface area contributed by atoms with Crippen LogP contribution < -0.4 is 5.32 Å². The van der Waals surface area contributed by atoms with Gasteiger partial charge in [0.25, 0.3) is 0 Å². The van der Waals surface area contributed by atoms with Crippen molar-refractivity contribution in [1.29, 1.82) is 0 Å². The Morgan fingerprint density at radius 1 is 1.14 bits per heavy atom. The van der Waals surface area contributed by atoms with Gasteiger partial charge in [-0.15, -0.1) is 0 Å². The number of hydrogen-bond donors (Lipinski definition) is 2. The second-order valence-electron chi connectivity index (χ2n) is 7.69. The Bertz CT molecular complexity index is 1100. The van der Waals surface area contributed by atoms with Crippen molar-refractivity contribution in [3.05, 3.63) is 48.5 Å². The minimum absolute atomic E-state index is 0.106. The summed E-state index contributed by atoms with van der Waals surface area (Å²) in [5.41, 5.74) is 1.78. The van der Waals surface area contributed by atoms with Crippen LogP contribution in [0, 0.1) is 0 Å². The maximum absolute atomic E-state index is 12.9. The Kier molecular flexibility index (Phi) is 5.27. The molecule has 148 valence electrons. The van der Waals surface area contributed by atoms with Crippen molar-refractivity contribution in [2.24, 2.45) is 0 Å². The maximum Gasteiger partial charge on any atom is 0.243 e. The average molecular weight is 401 g/mol. The zero-order valence-corrected chi connectivity index (χ0v) is 17.2. The van der Waals surface area contributed by atoms with E-state index in [9.17, 15) is 13.2 Å². The van der Waals surface area contributed by atoms with Gasteiger partial charge in [0.05, 0.1) is 22.5 Å². The van der Waals surface area contributed by atoms with Crippen molar-refractivity contribution in [3.63, 3.8) is 0 Å². The Balaban J connectivity index is 1.86. The molecule has 28 heavy (non-hydrogen) atoms. The molecule has 0 aliphatic rings. The Morgan fingerprint density at radius 3 is 2.46 bits per heavy atom. The fraction of sp³-hybridized carbons (Fsp3) is 0.300. The zero-order valence-electron chi connectivity index (χ0n) is 16.4. The molecule has 0 radical (unpaired) electrons. The Morgan fingerprint density at radius 2 is 1.82 bits per heavy atom. The molecule has 0 unspecified atom stereocenters. The van der Waals surface area contributed by atoms with Crippen LogP contribution in [0.2, 0.25) is 0 Å². The van der Waals surface area contributed by atoms with Crippen LogP contribution in [0.25, 0.3) is 22.4 Å². The molecule has 1 amide bonds. The van der Waals surface area contributed by atoms with E-state index in [2.05, 4.69) is 15.3 Å². The van der Waals surface area contributed by atoms with Crippen LogP contribution in [-0.2, 0) is 14.8 Å². The van der Waals surface area contributed by atoms with Gasteiger partial charge in [-0.1, -0.05) is 30.3 Å². The average Bonchev–Trinajstić information content (AvgIpc) is 3.04. The van der Waals surface area contributed by atoms with Gasteiger partial charge in [-0.05, 0) is 39.0 Å². The van der Waals surface area contributed by atoms with Gasteiger partial charge < -0.3 is 10.3 Å². The number of fused-ring (bicyclic) bond motifs is 1. The summed E-state index contributed by atoms with van der Waals surface area (Å²) in [6.07, 6.45) is 0. The first-order valence-corrected chi connectivity index (χ1v) is 10.3. The molecular formula is C20H24N4O3S. The van der Waals surface area contributed by atoms with Crippen LogP contribution in [-0.4, -0.2) is 47.7 Å². The second kappa shape index (κ2) is 7.37. The van der Waals surface area contributed by atoms with Crippen molar-refractivity contribution in [2.75, 3.05) is 13.6 Å². The van der Waals surface area contributed by atoms with Crippen molar-refractivity contribution >= 4 is 27.0 Å². The lowest BCUT2D eigenvalue weighted by molar-refractivity contribution is -0.122. The fourth-order valence-electron chi connectivity index (χ4n) is 2.81. The van der Waals surface area contributed by atoms with E-state index in [1.807, 2.05) is 51.1 Å². The molecule has 7 nitrogen and oxygen atoms in total. The van der Waals surface area contributed by atoms with Crippen LogP contribution in [0.4, 0.5) is 0 Å². The van der Waals surface area contributed by atoms with Crippen LogP contribution in [0.1, 0.15) is 20.8 Å². The minimum Gasteiger partial charge on any atom is -0.350 e. The third-order valence-corrected chi connectivity index (χ3v) is 5.89. The Hall–Kier alpha value is -2.71. The van der Waals surface area contributed by atoms with Crippen molar-refractivity contribution in [2.45, 2.75) is 31.2 Å². The van der Waals surface area contributed by atoms with Crippen molar-refractivity contribution < 1.29 is 13.2 Å². The number of carbonyl (C=O) groups is 1. The van der Waals surface area contributed by atoms with Gasteiger partial charge >= 0.3 is 0 Å². The molecular weight excluding hydrogens is 376 g/mol. The van der Waals surface area contributed by atoms with Crippen LogP contribution in [0.15, 0.2) is 53.4 Å². The van der Waals surface area contributed by atoms with Crippen LogP contribution >= 0.6 is 0 Å². The fourth-order valence-corrected chi connectivity index (χ4v) is 3.96. The first-order valence-electron chi connectivity index (χ1n) is 8.89. The predicted molar refractivity (Wildman–Crippen MR) is 109 cm³/mol. The molecule has 0 saturated carbocycles. The maximum atomic E-state index is 12.9. The van der Waals surface area contributed by atoms with Crippen LogP contribution in [0.5, 0.6) is 0 Å². The van der Waals surface area contributed by atoms with E-state index >= 15 is 0 Å². The number of sulfonamides is 1. The zero-order chi connectivity index (χ0) is 20.5. The standard InChI is InChI=1S/C20H24N4O3S/c1-20(2,3)23-18(25)13-24(4)28(26,27)15-10-11-16-17(12-15)22-19(21-16)14-8-6-5-7-9-14/h5-12H,13H2,1-4H3,(H,21,22)(H,23,25). The van der Waals surface area contributed by atoms with E-state index < -0.39 is 15.6 Å². The van der Waals surface area contributed by atoms with Gasteiger partial charge in [-0.3, -0.25) is 4.79 Å². The molecule has 1 aromatic heterocycles. The molecule has 1 heterocycles. The number of aromatic amines is 1. The largest absolute Gasteiger partial charge is 0.350 e. The highest BCUT2D eigenvalue weighted by molar-refractivity contribution is 7.89. The first-order chi connectivity index (χ1) is 13.1. The summed E-state index contributed by atoms with van der Waals surface area (Å²) in [6.45, 7) is 5.28. The molecule has 0 aliphatic heterocycles. The molecule has 3 rings (SSSR count). The topological polar surface area (TPSA) is 95.2 Å². The highest BCUT2D eigenvalue weighted by Gasteiger charge is 2.25. The summed E-state index contributed by atoms with van der Waals surface area (Å²) in [5, 5.41) is 2.76. The molecule has 0 saturated heterocycles. The molecule has 2 aromatic carbocycles. The lowest BCUT2D eigenvalue weighted by Gasteiger charge is -2.23. The number of rotatable bonds is 5. The number of imidazole rings is 1. The summed E-state index contributed by atoms with van der Waals surface area (Å²) in [6, 6.07) is 14.3. The number of likely N-dealkylation sites (N-methyl/N-ethyl adjacent to an activating group) is 1. The van der Waals surface area contributed by atoms with Gasteiger partial charge in [0, 0.05) is 18.2 Å². The van der Waals surface area contributed by atoms with Gasteiger partial charge in [-0.2, -0.15) is 4.31 Å². The smallest absolute Gasteiger partial charge is 0.243 e. The molecule has 0 aliphatic carbocycles. The third kappa shape index (κ3) is 4.40. The van der Waals surface area contributed by atoms with Crippen LogP contribution in [0.3, 0.4) is 0 Å². The normalized spacial score (nSPS) is 12.5. The number of amides is 1. The number of aromatic nitrogens is 2. The van der Waals surface area contributed by atoms with Gasteiger partial charge in [0.1, 0.15) is 5.82 Å². The molecule has 8 heteroatoms. The predicted octanol–water partition coefficient (Wildman–Crippen LogP) is 2.77. The number of carbonyl (C=O) groups excluding carboxylic acids is 1. The monoisotopic (exact) mass is 400 g/mol. The summed E-state index contributed by atoms with van der Waals surface area (Å²) >= 11 is 0. The van der Waals surface area contributed by atoms with E-state index in [4.69, 9.17) is 0 Å².